The molecule has 1 aliphatic rings. The van der Waals surface area contributed by atoms with E-state index in [1.165, 1.54) is 42.0 Å². The average molecular weight is 434 g/mol. The average Bonchev–Trinajstić information content (AvgIpc) is 3.14. The number of halogens is 1. The molecule has 0 spiro atoms. The number of hydrogen-bond donors (Lipinski definition) is 1. The monoisotopic (exact) mass is 433 g/mol. The molecule has 0 saturated carbocycles. The molecule has 1 N–H and O–H groups in total. The van der Waals surface area contributed by atoms with Crippen LogP contribution in [0.2, 0.25) is 5.02 Å². The minimum atomic E-state index is 0.439. The van der Waals surface area contributed by atoms with Crippen LogP contribution >= 0.6 is 11.6 Å². The van der Waals surface area contributed by atoms with E-state index >= 15 is 0 Å². The number of hydrogen-bond acceptors (Lipinski definition) is 3. The summed E-state index contributed by atoms with van der Waals surface area (Å²) in [6.07, 6.45) is 6.27. The SMILES string of the molecule is Clc1ccc(OCc2nc3cc4ccccc4cc3n2CCCC2CCCCN2)cc1. The predicted octanol–water partition coefficient (Wildman–Crippen LogP) is 6.34. The van der Waals surface area contributed by atoms with Crippen molar-refractivity contribution in [3.05, 3.63) is 71.5 Å². The van der Waals surface area contributed by atoms with Crippen LogP contribution in [0.1, 0.15) is 37.9 Å². The molecule has 4 aromatic rings. The van der Waals surface area contributed by atoms with Crippen LogP contribution in [0, 0.1) is 0 Å². The Labute approximate surface area is 188 Å². The maximum absolute atomic E-state index is 6.06. The summed E-state index contributed by atoms with van der Waals surface area (Å²) in [5.41, 5.74) is 2.22. The summed E-state index contributed by atoms with van der Waals surface area (Å²) in [4.78, 5) is 4.96. The summed E-state index contributed by atoms with van der Waals surface area (Å²) in [5.74, 6) is 1.77. The quantitative estimate of drug-likeness (QED) is 0.369. The predicted molar refractivity (Wildman–Crippen MR) is 128 cm³/mol. The molecule has 1 atom stereocenters. The lowest BCUT2D eigenvalue weighted by Crippen LogP contribution is -2.34. The molecule has 1 unspecified atom stereocenters. The maximum Gasteiger partial charge on any atom is 0.147 e. The van der Waals surface area contributed by atoms with Crippen molar-refractivity contribution in [3.8, 4) is 5.75 Å². The third-order valence-electron chi connectivity index (χ3n) is 6.22. The van der Waals surface area contributed by atoms with Gasteiger partial charge in [-0.2, -0.15) is 0 Å². The van der Waals surface area contributed by atoms with Crippen molar-refractivity contribution in [2.45, 2.75) is 51.3 Å². The lowest BCUT2D eigenvalue weighted by Gasteiger charge is -2.23. The van der Waals surface area contributed by atoms with E-state index in [-0.39, 0.29) is 0 Å². The minimum Gasteiger partial charge on any atom is -0.486 e. The van der Waals surface area contributed by atoms with E-state index in [2.05, 4.69) is 46.3 Å². The number of imidazole rings is 1. The fourth-order valence-corrected chi connectivity index (χ4v) is 4.69. The van der Waals surface area contributed by atoms with Crippen molar-refractivity contribution in [3.63, 3.8) is 0 Å². The number of fused-ring (bicyclic) bond motifs is 2. The summed E-state index contributed by atoms with van der Waals surface area (Å²) in [7, 11) is 0. The van der Waals surface area contributed by atoms with Crippen molar-refractivity contribution >= 4 is 33.4 Å². The molecule has 160 valence electrons. The molecule has 0 radical (unpaired) electrons. The van der Waals surface area contributed by atoms with Crippen LogP contribution < -0.4 is 10.1 Å². The standard InChI is InChI=1S/C26H28ClN3O/c27-21-10-12-23(13-11-21)31-18-26-29-24-16-19-6-1-2-7-20(19)17-25(24)30(26)15-5-9-22-8-3-4-14-28-22/h1-2,6-7,10-13,16-17,22,28H,3-5,8-9,14-15,18H2. The fraction of sp³-hybridized carbons (Fsp3) is 0.346. The second-order valence-corrected chi connectivity index (χ2v) is 8.84. The highest BCUT2D eigenvalue weighted by Gasteiger charge is 2.15. The summed E-state index contributed by atoms with van der Waals surface area (Å²) in [6, 6.07) is 21.1. The molecule has 1 aliphatic heterocycles. The molecule has 2 heterocycles. The zero-order chi connectivity index (χ0) is 21.0. The number of nitrogens with zero attached hydrogens (tertiary/aromatic N) is 2. The van der Waals surface area contributed by atoms with Crippen LogP contribution in [0.5, 0.6) is 5.75 Å². The zero-order valence-corrected chi connectivity index (χ0v) is 18.4. The Morgan fingerprint density at radius 1 is 1.03 bits per heavy atom. The van der Waals surface area contributed by atoms with Gasteiger partial charge in [-0.25, -0.2) is 4.98 Å². The fourth-order valence-electron chi connectivity index (χ4n) is 4.57. The van der Waals surface area contributed by atoms with Gasteiger partial charge in [-0.1, -0.05) is 42.3 Å². The van der Waals surface area contributed by atoms with Crippen LogP contribution in [-0.2, 0) is 13.2 Å². The molecular weight excluding hydrogens is 406 g/mol. The number of aryl methyl sites for hydroxylation is 1. The molecular formula is C26H28ClN3O. The number of piperidine rings is 1. The van der Waals surface area contributed by atoms with Gasteiger partial charge in [0.2, 0.25) is 0 Å². The van der Waals surface area contributed by atoms with Crippen molar-refractivity contribution < 1.29 is 4.74 Å². The van der Waals surface area contributed by atoms with Crippen LogP contribution in [0.3, 0.4) is 0 Å². The van der Waals surface area contributed by atoms with Crippen molar-refractivity contribution in [1.29, 1.82) is 0 Å². The summed E-state index contributed by atoms with van der Waals surface area (Å²) < 4.78 is 8.40. The summed E-state index contributed by atoms with van der Waals surface area (Å²) in [5, 5.41) is 6.84. The van der Waals surface area contributed by atoms with Gasteiger partial charge in [0, 0.05) is 17.6 Å². The second kappa shape index (κ2) is 9.29. The molecule has 0 aliphatic carbocycles. The van der Waals surface area contributed by atoms with Gasteiger partial charge < -0.3 is 14.6 Å². The topological polar surface area (TPSA) is 39.1 Å². The number of ether oxygens (including phenoxy) is 1. The lowest BCUT2D eigenvalue weighted by molar-refractivity contribution is 0.288. The number of benzene rings is 3. The Morgan fingerprint density at radius 3 is 2.61 bits per heavy atom. The molecule has 4 nitrogen and oxygen atoms in total. The third-order valence-corrected chi connectivity index (χ3v) is 6.47. The number of rotatable bonds is 7. The van der Waals surface area contributed by atoms with Crippen LogP contribution in [0.25, 0.3) is 21.8 Å². The molecule has 31 heavy (non-hydrogen) atoms. The highest BCUT2D eigenvalue weighted by molar-refractivity contribution is 6.30. The van der Waals surface area contributed by atoms with E-state index in [1.54, 1.807) is 0 Å². The molecule has 0 amide bonds. The maximum atomic E-state index is 6.06. The largest absolute Gasteiger partial charge is 0.486 e. The van der Waals surface area contributed by atoms with Crippen molar-refractivity contribution in [2.24, 2.45) is 0 Å². The molecule has 1 fully saturated rings. The molecule has 3 aromatic carbocycles. The molecule has 5 rings (SSSR count). The lowest BCUT2D eigenvalue weighted by atomic mass is 10.0. The van der Waals surface area contributed by atoms with E-state index in [9.17, 15) is 0 Å². The van der Waals surface area contributed by atoms with Gasteiger partial charge in [0.05, 0.1) is 11.0 Å². The zero-order valence-electron chi connectivity index (χ0n) is 17.7. The van der Waals surface area contributed by atoms with E-state index in [0.717, 1.165) is 36.6 Å². The van der Waals surface area contributed by atoms with E-state index in [1.807, 2.05) is 24.3 Å². The summed E-state index contributed by atoms with van der Waals surface area (Å²) >= 11 is 6.00. The molecule has 5 heteroatoms. The van der Waals surface area contributed by atoms with Gasteiger partial charge in [0.1, 0.15) is 18.2 Å². The molecule has 1 saturated heterocycles. The molecule has 1 aromatic heterocycles. The van der Waals surface area contributed by atoms with Gasteiger partial charge in [0.15, 0.2) is 0 Å². The smallest absolute Gasteiger partial charge is 0.147 e. The van der Waals surface area contributed by atoms with Gasteiger partial charge in [0.25, 0.3) is 0 Å². The first-order valence-corrected chi connectivity index (χ1v) is 11.6. The highest BCUT2D eigenvalue weighted by atomic mass is 35.5. The number of aromatic nitrogens is 2. The van der Waals surface area contributed by atoms with Crippen LogP contribution in [-0.4, -0.2) is 22.1 Å². The first kappa shape index (κ1) is 20.3. The first-order chi connectivity index (χ1) is 15.3. The Bertz CT molecular complexity index is 1160. The highest BCUT2D eigenvalue weighted by Crippen LogP contribution is 2.26. The van der Waals surface area contributed by atoms with Crippen LogP contribution in [0.15, 0.2) is 60.7 Å². The van der Waals surface area contributed by atoms with Gasteiger partial charge in [-0.05, 0) is 79.4 Å². The van der Waals surface area contributed by atoms with Gasteiger partial charge in [-0.3, -0.25) is 0 Å². The summed E-state index contributed by atoms with van der Waals surface area (Å²) in [6.45, 7) is 2.55. The normalized spacial score (nSPS) is 16.7. The Balaban J connectivity index is 1.41. The van der Waals surface area contributed by atoms with E-state index in [0.29, 0.717) is 17.7 Å². The minimum absolute atomic E-state index is 0.439. The van der Waals surface area contributed by atoms with Crippen LogP contribution in [0.4, 0.5) is 0 Å². The molecule has 0 bridgehead atoms. The van der Waals surface area contributed by atoms with E-state index in [4.69, 9.17) is 21.3 Å². The third kappa shape index (κ3) is 4.70. The van der Waals surface area contributed by atoms with Crippen molar-refractivity contribution in [2.75, 3.05) is 6.54 Å². The van der Waals surface area contributed by atoms with Crippen molar-refractivity contribution in [1.82, 2.24) is 14.9 Å². The Morgan fingerprint density at radius 2 is 1.84 bits per heavy atom. The Kier molecular flexibility index (Phi) is 6.10. The van der Waals surface area contributed by atoms with E-state index < -0.39 is 0 Å². The first-order valence-electron chi connectivity index (χ1n) is 11.3. The number of nitrogens with one attached hydrogen (secondary N) is 1. The van der Waals surface area contributed by atoms with Gasteiger partial charge in [-0.15, -0.1) is 0 Å². The van der Waals surface area contributed by atoms with Gasteiger partial charge >= 0.3 is 0 Å². The Hall–Kier alpha value is -2.56. The second-order valence-electron chi connectivity index (χ2n) is 8.40.